The van der Waals surface area contributed by atoms with Crippen LogP contribution in [0.4, 0.5) is 0 Å². The molecule has 0 atom stereocenters. The summed E-state index contributed by atoms with van der Waals surface area (Å²) in [7, 11) is 1.52. The first-order valence-corrected chi connectivity index (χ1v) is 6.10. The Bertz CT molecular complexity index is 833. The lowest BCUT2D eigenvalue weighted by Crippen LogP contribution is -2.03. The van der Waals surface area contributed by atoms with Crippen molar-refractivity contribution in [3.8, 4) is 22.6 Å². The summed E-state index contributed by atoms with van der Waals surface area (Å²) in [6.45, 7) is 0. The van der Waals surface area contributed by atoms with E-state index in [4.69, 9.17) is 9.15 Å². The first kappa shape index (κ1) is 12.3. The molecule has 1 aromatic heterocycles. The first-order chi connectivity index (χ1) is 9.70. The molecule has 0 saturated carbocycles. The van der Waals surface area contributed by atoms with Crippen LogP contribution in [-0.4, -0.2) is 12.2 Å². The number of ether oxygens (including phenoxy) is 1. The minimum absolute atomic E-state index is 0.0436. The van der Waals surface area contributed by atoms with Gasteiger partial charge in [-0.05, 0) is 18.2 Å². The molecule has 4 heteroatoms. The minimum Gasteiger partial charge on any atom is -0.507 e. The summed E-state index contributed by atoms with van der Waals surface area (Å²) in [6, 6.07) is 13.7. The number of hydrogen-bond donors (Lipinski definition) is 1. The molecule has 0 fully saturated rings. The molecule has 0 bridgehead atoms. The molecule has 0 spiro atoms. The fourth-order valence-electron chi connectivity index (χ4n) is 2.17. The summed E-state index contributed by atoms with van der Waals surface area (Å²) >= 11 is 0. The van der Waals surface area contributed by atoms with E-state index in [2.05, 4.69) is 0 Å². The van der Waals surface area contributed by atoms with Crippen molar-refractivity contribution in [3.63, 3.8) is 0 Å². The third-order valence-corrected chi connectivity index (χ3v) is 3.14. The normalized spacial score (nSPS) is 10.7. The molecule has 0 aliphatic heterocycles. The topological polar surface area (TPSA) is 59.7 Å². The molecule has 0 amide bonds. The summed E-state index contributed by atoms with van der Waals surface area (Å²) < 4.78 is 10.5. The van der Waals surface area contributed by atoms with E-state index in [9.17, 15) is 9.90 Å². The zero-order valence-electron chi connectivity index (χ0n) is 10.8. The van der Waals surface area contributed by atoms with Gasteiger partial charge in [0.2, 0.25) is 0 Å². The molecule has 4 nitrogen and oxygen atoms in total. The molecule has 0 radical (unpaired) electrons. The van der Waals surface area contributed by atoms with Crippen molar-refractivity contribution in [2.45, 2.75) is 0 Å². The highest BCUT2D eigenvalue weighted by Gasteiger charge is 2.13. The Morgan fingerprint density at radius 1 is 1.05 bits per heavy atom. The van der Waals surface area contributed by atoms with Gasteiger partial charge in [-0.2, -0.15) is 0 Å². The van der Waals surface area contributed by atoms with Gasteiger partial charge in [-0.25, -0.2) is 4.79 Å². The van der Waals surface area contributed by atoms with Crippen LogP contribution in [0.1, 0.15) is 0 Å². The second kappa shape index (κ2) is 4.74. The molecule has 0 aliphatic carbocycles. The predicted molar refractivity (Wildman–Crippen MR) is 76.1 cm³/mol. The summed E-state index contributed by atoms with van der Waals surface area (Å²) in [5, 5.41) is 10.6. The van der Waals surface area contributed by atoms with Crippen LogP contribution >= 0.6 is 0 Å². The van der Waals surface area contributed by atoms with E-state index in [1.54, 1.807) is 30.3 Å². The van der Waals surface area contributed by atoms with Gasteiger partial charge in [-0.1, -0.05) is 30.3 Å². The predicted octanol–water partition coefficient (Wildman–Crippen LogP) is 3.17. The van der Waals surface area contributed by atoms with Crippen LogP contribution in [0.2, 0.25) is 0 Å². The Morgan fingerprint density at radius 3 is 2.60 bits per heavy atom. The van der Waals surface area contributed by atoms with Crippen LogP contribution in [-0.2, 0) is 0 Å². The number of rotatable bonds is 2. The van der Waals surface area contributed by atoms with Crippen LogP contribution in [0.25, 0.3) is 22.1 Å². The zero-order chi connectivity index (χ0) is 14.1. The highest BCUT2D eigenvalue weighted by Crippen LogP contribution is 2.30. The summed E-state index contributed by atoms with van der Waals surface area (Å²) in [4.78, 5) is 12.1. The van der Waals surface area contributed by atoms with E-state index in [1.165, 1.54) is 13.2 Å². The number of para-hydroxylation sites is 2. The molecular formula is C16H12O4. The molecule has 100 valence electrons. The lowest BCUT2D eigenvalue weighted by atomic mass is 10.0. The number of aromatic hydroxyl groups is 1. The fraction of sp³-hybridized carbons (Fsp3) is 0.0625. The van der Waals surface area contributed by atoms with Gasteiger partial charge in [0, 0.05) is 10.9 Å². The molecule has 2 aromatic carbocycles. The van der Waals surface area contributed by atoms with Gasteiger partial charge < -0.3 is 14.3 Å². The lowest BCUT2D eigenvalue weighted by Gasteiger charge is -2.07. The Morgan fingerprint density at radius 2 is 1.85 bits per heavy atom. The van der Waals surface area contributed by atoms with Crippen molar-refractivity contribution < 1.29 is 14.3 Å². The number of phenols is 1. The molecule has 0 saturated heterocycles. The molecular weight excluding hydrogens is 256 g/mol. The van der Waals surface area contributed by atoms with Crippen molar-refractivity contribution in [2.24, 2.45) is 0 Å². The Labute approximate surface area is 114 Å². The van der Waals surface area contributed by atoms with E-state index >= 15 is 0 Å². The van der Waals surface area contributed by atoms with Crippen molar-refractivity contribution >= 4 is 11.0 Å². The molecule has 3 aromatic rings. The van der Waals surface area contributed by atoms with Gasteiger partial charge in [0.25, 0.3) is 0 Å². The number of hydrogen-bond acceptors (Lipinski definition) is 4. The molecule has 1 heterocycles. The molecule has 0 unspecified atom stereocenters. The highest BCUT2D eigenvalue weighted by molar-refractivity contribution is 5.86. The minimum atomic E-state index is -0.511. The fourth-order valence-corrected chi connectivity index (χ4v) is 2.17. The van der Waals surface area contributed by atoms with Crippen molar-refractivity contribution in [2.75, 3.05) is 7.11 Å². The standard InChI is InChI=1S/C16H12O4/c1-19-14-8-4-5-10-9-12(16(18)20-15(10)14)11-6-2-3-7-13(11)17/h2-9,17H,1H3. The summed E-state index contributed by atoms with van der Waals surface area (Å²) in [6.07, 6.45) is 0. The Hall–Kier alpha value is -2.75. The number of methoxy groups -OCH3 is 1. The van der Waals surface area contributed by atoms with Crippen molar-refractivity contribution in [3.05, 3.63) is 59.0 Å². The maximum Gasteiger partial charge on any atom is 0.344 e. The van der Waals surface area contributed by atoms with E-state index < -0.39 is 5.63 Å². The van der Waals surface area contributed by atoms with E-state index in [1.807, 2.05) is 12.1 Å². The lowest BCUT2D eigenvalue weighted by molar-refractivity contribution is 0.407. The first-order valence-electron chi connectivity index (χ1n) is 6.10. The molecule has 1 N–H and O–H groups in total. The Kier molecular flexibility index (Phi) is 2.91. The third kappa shape index (κ3) is 1.91. The van der Waals surface area contributed by atoms with Gasteiger partial charge in [-0.3, -0.25) is 0 Å². The third-order valence-electron chi connectivity index (χ3n) is 3.14. The highest BCUT2D eigenvalue weighted by atomic mass is 16.5. The van der Waals surface area contributed by atoms with Gasteiger partial charge in [-0.15, -0.1) is 0 Å². The van der Waals surface area contributed by atoms with Gasteiger partial charge in [0.05, 0.1) is 12.7 Å². The Balaban J connectivity index is 2.32. The van der Waals surface area contributed by atoms with E-state index in [0.29, 0.717) is 22.5 Å². The van der Waals surface area contributed by atoms with E-state index in [-0.39, 0.29) is 5.75 Å². The summed E-state index contributed by atoms with van der Waals surface area (Å²) in [5.41, 5.74) is 0.664. The number of phenolic OH excluding ortho intramolecular Hbond substituents is 1. The van der Waals surface area contributed by atoms with Crippen LogP contribution in [0.3, 0.4) is 0 Å². The number of fused-ring (bicyclic) bond motifs is 1. The smallest absolute Gasteiger partial charge is 0.344 e. The molecule has 20 heavy (non-hydrogen) atoms. The molecule has 3 rings (SSSR count). The van der Waals surface area contributed by atoms with Crippen LogP contribution < -0.4 is 10.4 Å². The average Bonchev–Trinajstić information content (AvgIpc) is 2.47. The average molecular weight is 268 g/mol. The second-order valence-corrected chi connectivity index (χ2v) is 4.34. The maximum atomic E-state index is 12.1. The quantitative estimate of drug-likeness (QED) is 0.725. The second-order valence-electron chi connectivity index (χ2n) is 4.34. The maximum absolute atomic E-state index is 12.1. The number of benzene rings is 2. The SMILES string of the molecule is COc1cccc2cc(-c3ccccc3O)c(=O)oc12. The van der Waals surface area contributed by atoms with Gasteiger partial charge in [0.1, 0.15) is 5.75 Å². The zero-order valence-corrected chi connectivity index (χ0v) is 10.8. The largest absolute Gasteiger partial charge is 0.507 e. The summed E-state index contributed by atoms with van der Waals surface area (Å²) in [5.74, 6) is 0.547. The van der Waals surface area contributed by atoms with Crippen molar-refractivity contribution in [1.82, 2.24) is 0 Å². The van der Waals surface area contributed by atoms with E-state index in [0.717, 1.165) is 5.39 Å². The van der Waals surface area contributed by atoms with Crippen LogP contribution in [0.15, 0.2) is 57.7 Å². The van der Waals surface area contributed by atoms with Gasteiger partial charge in [0.15, 0.2) is 11.3 Å². The van der Waals surface area contributed by atoms with Gasteiger partial charge >= 0.3 is 5.63 Å². The van der Waals surface area contributed by atoms with Crippen LogP contribution in [0.5, 0.6) is 11.5 Å². The van der Waals surface area contributed by atoms with Crippen LogP contribution in [0, 0.1) is 0 Å². The van der Waals surface area contributed by atoms with Crippen molar-refractivity contribution in [1.29, 1.82) is 0 Å². The monoisotopic (exact) mass is 268 g/mol. The molecule has 0 aliphatic rings.